The molecule has 0 saturated carbocycles. The third kappa shape index (κ3) is 3.79. The maximum Gasteiger partial charge on any atom is 0.159 e. The van der Waals surface area contributed by atoms with Crippen molar-refractivity contribution in [1.29, 1.82) is 0 Å². The van der Waals surface area contributed by atoms with E-state index in [1.54, 1.807) is 6.08 Å². The van der Waals surface area contributed by atoms with Gasteiger partial charge in [0, 0.05) is 29.8 Å². The van der Waals surface area contributed by atoms with Gasteiger partial charge in [0.15, 0.2) is 5.78 Å². The number of rotatable bonds is 4. The van der Waals surface area contributed by atoms with E-state index in [4.69, 9.17) is 4.74 Å². The first-order chi connectivity index (χ1) is 14.8. The van der Waals surface area contributed by atoms with E-state index in [1.807, 2.05) is 24.4 Å². The third-order valence-corrected chi connectivity index (χ3v) is 5.65. The fourth-order valence-corrected chi connectivity index (χ4v) is 4.08. The van der Waals surface area contributed by atoms with E-state index in [9.17, 15) is 4.79 Å². The molecule has 1 N–H and O–H groups in total. The molecule has 148 valence electrons. The van der Waals surface area contributed by atoms with Crippen LogP contribution in [-0.4, -0.2) is 10.8 Å². The van der Waals surface area contributed by atoms with E-state index in [1.165, 1.54) is 16.5 Å². The summed E-state index contributed by atoms with van der Waals surface area (Å²) < 4.78 is 6.19. The summed E-state index contributed by atoms with van der Waals surface area (Å²) in [5.41, 5.74) is 6.81. The van der Waals surface area contributed by atoms with Crippen LogP contribution in [0.2, 0.25) is 0 Å². The largest absolute Gasteiger partial charge is 0.488 e. The molecule has 0 atom stereocenters. The fourth-order valence-electron chi connectivity index (χ4n) is 4.08. The molecule has 3 nitrogen and oxygen atoms in total. The summed E-state index contributed by atoms with van der Waals surface area (Å²) in [6.45, 7) is 0.424. The quantitative estimate of drug-likeness (QED) is 0.442. The van der Waals surface area contributed by atoms with E-state index in [-0.39, 0.29) is 5.78 Å². The highest BCUT2D eigenvalue weighted by molar-refractivity contribution is 5.96. The number of aromatic amines is 1. The van der Waals surface area contributed by atoms with E-state index in [2.05, 4.69) is 59.6 Å². The first-order valence-electron chi connectivity index (χ1n) is 10.4. The maximum atomic E-state index is 12.2. The van der Waals surface area contributed by atoms with Crippen molar-refractivity contribution in [1.82, 2.24) is 4.98 Å². The monoisotopic (exact) mass is 393 g/mol. The molecule has 1 heterocycles. The topological polar surface area (TPSA) is 42.1 Å². The van der Waals surface area contributed by atoms with Crippen molar-refractivity contribution in [2.45, 2.75) is 25.9 Å². The van der Waals surface area contributed by atoms with Crippen LogP contribution in [0, 0.1) is 0 Å². The summed E-state index contributed by atoms with van der Waals surface area (Å²) in [5, 5.41) is 1.20. The normalized spacial score (nSPS) is 14.0. The SMILES string of the molecule is O=C1C=C(OCc2cccc(-c3ccc4[nH]ccc4c3)c2)c2ccccc2CCC1. The van der Waals surface area contributed by atoms with Crippen molar-refractivity contribution in [2.24, 2.45) is 0 Å². The summed E-state index contributed by atoms with van der Waals surface area (Å²) in [7, 11) is 0. The average molecular weight is 393 g/mol. The fraction of sp³-hybridized carbons (Fsp3) is 0.148. The Bertz CT molecular complexity index is 1250. The van der Waals surface area contributed by atoms with Gasteiger partial charge in [0.2, 0.25) is 0 Å². The van der Waals surface area contributed by atoms with E-state index in [0.717, 1.165) is 35.0 Å². The van der Waals surface area contributed by atoms with E-state index >= 15 is 0 Å². The number of hydrogen-bond donors (Lipinski definition) is 1. The zero-order valence-corrected chi connectivity index (χ0v) is 16.7. The smallest absolute Gasteiger partial charge is 0.159 e. The molecule has 3 aromatic carbocycles. The molecule has 3 heteroatoms. The van der Waals surface area contributed by atoms with Gasteiger partial charge in [-0.3, -0.25) is 4.79 Å². The Balaban J connectivity index is 1.40. The number of benzene rings is 3. The molecule has 5 rings (SSSR count). The van der Waals surface area contributed by atoms with Gasteiger partial charge in [0.1, 0.15) is 12.4 Å². The summed E-state index contributed by atoms with van der Waals surface area (Å²) in [5.74, 6) is 0.808. The van der Waals surface area contributed by atoms with Gasteiger partial charge < -0.3 is 9.72 Å². The number of ether oxygens (including phenoxy) is 1. The average Bonchev–Trinajstić information content (AvgIpc) is 3.24. The number of carbonyl (C=O) groups excluding carboxylic acids is 1. The van der Waals surface area contributed by atoms with Crippen molar-refractivity contribution in [2.75, 3.05) is 0 Å². The lowest BCUT2D eigenvalue weighted by Crippen LogP contribution is -2.06. The van der Waals surface area contributed by atoms with Crippen LogP contribution in [0.15, 0.2) is 85.1 Å². The molecule has 0 unspecified atom stereocenters. The number of aromatic nitrogens is 1. The maximum absolute atomic E-state index is 12.2. The predicted octanol–water partition coefficient (Wildman–Crippen LogP) is 6.30. The lowest BCUT2D eigenvalue weighted by Gasteiger charge is -2.17. The second-order valence-electron chi connectivity index (χ2n) is 7.75. The lowest BCUT2D eigenvalue weighted by atomic mass is 9.96. The van der Waals surface area contributed by atoms with Crippen LogP contribution in [0.25, 0.3) is 27.8 Å². The summed E-state index contributed by atoms with van der Waals surface area (Å²) in [6.07, 6.45) is 5.98. The number of aryl methyl sites for hydroxylation is 1. The van der Waals surface area contributed by atoms with Crippen molar-refractivity contribution in [3.05, 3.63) is 102 Å². The number of hydrogen-bond acceptors (Lipinski definition) is 2. The first kappa shape index (κ1) is 18.4. The molecule has 0 radical (unpaired) electrons. The predicted molar refractivity (Wildman–Crippen MR) is 121 cm³/mol. The molecule has 1 aliphatic carbocycles. The third-order valence-electron chi connectivity index (χ3n) is 5.65. The Hall–Kier alpha value is -3.59. The van der Waals surface area contributed by atoms with Gasteiger partial charge in [-0.25, -0.2) is 0 Å². The Morgan fingerprint density at radius 1 is 0.867 bits per heavy atom. The Morgan fingerprint density at radius 3 is 2.73 bits per heavy atom. The second-order valence-corrected chi connectivity index (χ2v) is 7.75. The van der Waals surface area contributed by atoms with E-state index in [0.29, 0.717) is 18.8 Å². The zero-order chi connectivity index (χ0) is 20.3. The summed E-state index contributed by atoms with van der Waals surface area (Å²) in [4.78, 5) is 15.5. The van der Waals surface area contributed by atoms with Gasteiger partial charge in [-0.1, -0.05) is 48.5 Å². The highest BCUT2D eigenvalue weighted by Crippen LogP contribution is 2.28. The zero-order valence-electron chi connectivity index (χ0n) is 16.7. The van der Waals surface area contributed by atoms with Crippen LogP contribution in [0.5, 0.6) is 0 Å². The first-order valence-corrected chi connectivity index (χ1v) is 10.4. The lowest BCUT2D eigenvalue weighted by molar-refractivity contribution is -0.114. The minimum absolute atomic E-state index is 0.132. The van der Waals surface area contributed by atoms with Gasteiger partial charge in [0.25, 0.3) is 0 Å². The molecule has 0 fully saturated rings. The molecule has 1 aliphatic rings. The standard InChI is InChI=1S/C27H23NO2/c29-24-9-4-7-20-6-1-2-10-25(20)27(17-24)30-18-19-5-3-8-21(15-19)22-11-12-26-23(16-22)13-14-28-26/h1-3,5-6,8,10-17,28H,4,7,9,18H2. The van der Waals surface area contributed by atoms with E-state index < -0.39 is 0 Å². The number of ketones is 1. The van der Waals surface area contributed by atoms with Crippen LogP contribution in [0.4, 0.5) is 0 Å². The molecule has 4 aromatic rings. The van der Waals surface area contributed by atoms with Crippen LogP contribution in [-0.2, 0) is 22.6 Å². The molecular formula is C27H23NO2. The van der Waals surface area contributed by atoms with Crippen LogP contribution >= 0.6 is 0 Å². The number of H-pyrrole nitrogens is 1. The van der Waals surface area contributed by atoms with Gasteiger partial charge in [-0.15, -0.1) is 0 Å². The highest BCUT2D eigenvalue weighted by atomic mass is 16.5. The van der Waals surface area contributed by atoms with Crippen LogP contribution < -0.4 is 0 Å². The van der Waals surface area contributed by atoms with Crippen molar-refractivity contribution < 1.29 is 9.53 Å². The van der Waals surface area contributed by atoms with Crippen molar-refractivity contribution in [3.63, 3.8) is 0 Å². The molecule has 1 aromatic heterocycles. The second kappa shape index (κ2) is 8.03. The number of fused-ring (bicyclic) bond motifs is 2. The summed E-state index contributed by atoms with van der Waals surface area (Å²) in [6, 6.07) is 25.1. The number of nitrogens with one attached hydrogen (secondary N) is 1. The van der Waals surface area contributed by atoms with Gasteiger partial charge in [0.05, 0.1) is 0 Å². The van der Waals surface area contributed by atoms with Crippen molar-refractivity contribution in [3.8, 4) is 11.1 Å². The molecule has 0 bridgehead atoms. The summed E-state index contributed by atoms with van der Waals surface area (Å²) >= 11 is 0. The van der Waals surface area contributed by atoms with Crippen LogP contribution in [0.3, 0.4) is 0 Å². The Morgan fingerprint density at radius 2 is 1.77 bits per heavy atom. The molecule has 0 amide bonds. The van der Waals surface area contributed by atoms with Gasteiger partial charge >= 0.3 is 0 Å². The Kier molecular flexibility index (Phi) is 4.94. The number of carbonyl (C=O) groups is 1. The molecule has 0 saturated heterocycles. The minimum Gasteiger partial charge on any atom is -0.488 e. The number of allylic oxidation sites excluding steroid dienone is 1. The minimum atomic E-state index is 0.132. The van der Waals surface area contributed by atoms with Gasteiger partial charge in [-0.2, -0.15) is 0 Å². The van der Waals surface area contributed by atoms with Crippen LogP contribution in [0.1, 0.15) is 29.5 Å². The van der Waals surface area contributed by atoms with Crippen molar-refractivity contribution >= 4 is 22.4 Å². The molecule has 0 aliphatic heterocycles. The highest BCUT2D eigenvalue weighted by Gasteiger charge is 2.15. The molecule has 0 spiro atoms. The molecular weight excluding hydrogens is 370 g/mol. The molecule has 30 heavy (non-hydrogen) atoms. The van der Waals surface area contributed by atoms with Gasteiger partial charge in [-0.05, 0) is 64.7 Å². The Labute approximate surface area is 176 Å².